The van der Waals surface area contributed by atoms with Crippen molar-refractivity contribution in [2.75, 3.05) is 26.2 Å². The van der Waals surface area contributed by atoms with Gasteiger partial charge in [0, 0.05) is 38.5 Å². The lowest BCUT2D eigenvalue weighted by molar-refractivity contribution is -0.130. The van der Waals surface area contributed by atoms with E-state index in [0.29, 0.717) is 32.5 Å². The lowest BCUT2D eigenvalue weighted by Gasteiger charge is -2.37. The first kappa shape index (κ1) is 29.9. The standard InChI is InChI=1S/C30H41IN4O4/c1-2-8-27(31)33-30(39)25-18-32-13-14-35(25)19-23(36)16-22(15-20-9-4-3-5-10-20)29(38)34-28-24-12-7-6-11-21(24)17-26(28)37/h3-7,9-12,22-23,25-28,32,36-37H,2,8,13-19H2,1H3,(H,33,39)(H,34,38)/t22?,23-,25?,26+,27?,28?/m0/s1. The number of hydrogen-bond acceptors (Lipinski definition) is 6. The van der Waals surface area contributed by atoms with Crippen LogP contribution < -0.4 is 16.0 Å². The van der Waals surface area contributed by atoms with Crippen LogP contribution in [0.1, 0.15) is 48.9 Å². The van der Waals surface area contributed by atoms with Crippen LogP contribution in [-0.4, -0.2) is 75.4 Å². The maximum absolute atomic E-state index is 13.6. The topological polar surface area (TPSA) is 114 Å². The van der Waals surface area contributed by atoms with Crippen molar-refractivity contribution in [2.24, 2.45) is 5.92 Å². The second kappa shape index (κ2) is 14.5. The summed E-state index contributed by atoms with van der Waals surface area (Å²) >= 11 is 2.26. The van der Waals surface area contributed by atoms with Gasteiger partial charge >= 0.3 is 0 Å². The predicted molar refractivity (Wildman–Crippen MR) is 160 cm³/mol. The molecule has 0 bridgehead atoms. The number of aliphatic hydroxyl groups is 2. The number of β-amino-alcohol motifs (C(OH)–C–C–N with tert-alkyl or cyclic N) is 1. The third kappa shape index (κ3) is 8.23. The molecule has 0 radical (unpaired) electrons. The summed E-state index contributed by atoms with van der Waals surface area (Å²) in [4.78, 5) is 28.7. The summed E-state index contributed by atoms with van der Waals surface area (Å²) in [7, 11) is 0. The minimum atomic E-state index is -0.787. The highest BCUT2D eigenvalue weighted by molar-refractivity contribution is 14.1. The number of aliphatic hydroxyl groups excluding tert-OH is 2. The zero-order valence-corrected chi connectivity index (χ0v) is 24.7. The van der Waals surface area contributed by atoms with E-state index >= 15 is 0 Å². The Bertz CT molecular complexity index is 1090. The van der Waals surface area contributed by atoms with Crippen molar-refractivity contribution in [3.63, 3.8) is 0 Å². The van der Waals surface area contributed by atoms with E-state index in [1.54, 1.807) is 0 Å². The van der Waals surface area contributed by atoms with Gasteiger partial charge in [-0.25, -0.2) is 0 Å². The van der Waals surface area contributed by atoms with E-state index in [-0.39, 0.29) is 28.3 Å². The van der Waals surface area contributed by atoms with Gasteiger partial charge in [0.05, 0.1) is 22.3 Å². The molecular formula is C30H41IN4O4. The van der Waals surface area contributed by atoms with E-state index in [1.807, 2.05) is 59.5 Å². The number of halogens is 1. The van der Waals surface area contributed by atoms with Gasteiger partial charge in [0.1, 0.15) is 6.04 Å². The Morgan fingerprint density at radius 3 is 2.67 bits per heavy atom. The molecule has 1 aliphatic heterocycles. The van der Waals surface area contributed by atoms with Crippen LogP contribution in [0.2, 0.25) is 0 Å². The van der Waals surface area contributed by atoms with Crippen molar-refractivity contribution in [3.05, 3.63) is 71.3 Å². The van der Waals surface area contributed by atoms with Crippen LogP contribution in [0.25, 0.3) is 0 Å². The fourth-order valence-corrected chi connectivity index (χ4v) is 6.60. The molecule has 0 aromatic heterocycles. The van der Waals surface area contributed by atoms with Gasteiger partial charge in [-0.1, -0.05) is 90.5 Å². The predicted octanol–water partition coefficient (Wildman–Crippen LogP) is 2.32. The quantitative estimate of drug-likeness (QED) is 0.137. The SMILES string of the molecule is CCCC(I)NC(=O)C1CNCCN1C[C@@H](O)CC(Cc1ccccc1)C(=O)NC1c2ccccc2C[C@H]1O. The van der Waals surface area contributed by atoms with Gasteiger partial charge < -0.3 is 26.2 Å². The molecule has 212 valence electrons. The smallest absolute Gasteiger partial charge is 0.239 e. The summed E-state index contributed by atoms with van der Waals surface area (Å²) in [5, 5.41) is 31.4. The number of amides is 2. The van der Waals surface area contributed by atoms with Gasteiger partial charge in [-0.05, 0) is 36.0 Å². The van der Waals surface area contributed by atoms with Gasteiger partial charge in [-0.15, -0.1) is 0 Å². The summed E-state index contributed by atoms with van der Waals surface area (Å²) in [6, 6.07) is 16.8. The first-order chi connectivity index (χ1) is 18.9. The highest BCUT2D eigenvalue weighted by Gasteiger charge is 2.35. The Balaban J connectivity index is 1.43. The zero-order chi connectivity index (χ0) is 27.8. The van der Waals surface area contributed by atoms with E-state index in [4.69, 9.17) is 0 Å². The summed E-state index contributed by atoms with van der Waals surface area (Å²) in [5.41, 5.74) is 3.01. The second-order valence-corrected chi connectivity index (χ2v) is 12.2. The highest BCUT2D eigenvalue weighted by atomic mass is 127. The van der Waals surface area contributed by atoms with E-state index in [0.717, 1.165) is 36.1 Å². The molecule has 8 nitrogen and oxygen atoms in total. The minimum absolute atomic E-state index is 0.0327. The molecule has 2 amide bonds. The van der Waals surface area contributed by atoms with Gasteiger partial charge in [-0.2, -0.15) is 0 Å². The molecule has 2 aliphatic rings. The van der Waals surface area contributed by atoms with Crippen LogP contribution in [-0.2, 0) is 22.4 Å². The molecular weight excluding hydrogens is 607 g/mol. The number of piperazine rings is 1. The van der Waals surface area contributed by atoms with Crippen LogP contribution in [0.15, 0.2) is 54.6 Å². The number of benzene rings is 2. The number of alkyl halides is 1. The summed E-state index contributed by atoms with van der Waals surface area (Å²) in [5.74, 6) is -0.698. The van der Waals surface area contributed by atoms with Crippen molar-refractivity contribution in [1.29, 1.82) is 0 Å². The Labute approximate surface area is 245 Å². The van der Waals surface area contributed by atoms with Gasteiger partial charge in [0.2, 0.25) is 11.8 Å². The van der Waals surface area contributed by atoms with Gasteiger partial charge in [0.25, 0.3) is 0 Å². The van der Waals surface area contributed by atoms with Crippen molar-refractivity contribution < 1.29 is 19.8 Å². The van der Waals surface area contributed by atoms with Crippen LogP contribution in [0, 0.1) is 5.92 Å². The molecule has 1 heterocycles. The molecule has 4 rings (SSSR count). The average molecular weight is 649 g/mol. The molecule has 9 heteroatoms. The average Bonchev–Trinajstić information content (AvgIpc) is 3.23. The van der Waals surface area contributed by atoms with Crippen molar-refractivity contribution >= 4 is 34.4 Å². The Morgan fingerprint density at radius 1 is 1.15 bits per heavy atom. The molecule has 6 atom stereocenters. The zero-order valence-electron chi connectivity index (χ0n) is 22.6. The van der Waals surface area contributed by atoms with Gasteiger partial charge in [-0.3, -0.25) is 14.5 Å². The molecule has 2 aromatic carbocycles. The fraction of sp³-hybridized carbons (Fsp3) is 0.533. The summed E-state index contributed by atoms with van der Waals surface area (Å²) < 4.78 is 0.0730. The van der Waals surface area contributed by atoms with Crippen molar-refractivity contribution in [1.82, 2.24) is 20.9 Å². The second-order valence-electron chi connectivity index (χ2n) is 10.7. The Hall–Kier alpha value is -2.05. The number of rotatable bonds is 12. The monoisotopic (exact) mass is 648 g/mol. The fourth-order valence-electron chi connectivity index (χ4n) is 5.67. The normalized spacial score (nSPS) is 23.4. The molecule has 1 saturated heterocycles. The van der Waals surface area contributed by atoms with E-state index in [9.17, 15) is 19.8 Å². The number of nitrogens with zero attached hydrogens (tertiary/aromatic N) is 1. The molecule has 1 fully saturated rings. The van der Waals surface area contributed by atoms with Gasteiger partial charge in [0.15, 0.2) is 0 Å². The van der Waals surface area contributed by atoms with E-state index in [2.05, 4.69) is 45.5 Å². The highest BCUT2D eigenvalue weighted by Crippen LogP contribution is 2.32. The van der Waals surface area contributed by atoms with Crippen LogP contribution in [0.3, 0.4) is 0 Å². The number of carbonyl (C=O) groups is 2. The van der Waals surface area contributed by atoms with Crippen molar-refractivity contribution in [2.45, 2.75) is 67.4 Å². The number of carbonyl (C=O) groups excluding carboxylic acids is 2. The molecule has 0 spiro atoms. The number of fused-ring (bicyclic) bond motifs is 1. The largest absolute Gasteiger partial charge is 0.392 e. The molecule has 4 unspecified atom stereocenters. The molecule has 1 aliphatic carbocycles. The lowest BCUT2D eigenvalue weighted by Crippen LogP contribution is -2.60. The van der Waals surface area contributed by atoms with E-state index in [1.165, 1.54) is 0 Å². The van der Waals surface area contributed by atoms with E-state index < -0.39 is 24.2 Å². The lowest BCUT2D eigenvalue weighted by atomic mass is 9.91. The Kier molecular flexibility index (Phi) is 11.2. The minimum Gasteiger partial charge on any atom is -0.392 e. The van der Waals surface area contributed by atoms with Crippen molar-refractivity contribution in [3.8, 4) is 0 Å². The summed E-state index contributed by atoms with van der Waals surface area (Å²) in [6.45, 7) is 4.33. The maximum atomic E-state index is 13.6. The molecule has 5 N–H and O–H groups in total. The number of hydrogen-bond donors (Lipinski definition) is 5. The van der Waals surface area contributed by atoms with Crippen LogP contribution >= 0.6 is 22.6 Å². The molecule has 2 aromatic rings. The van der Waals surface area contributed by atoms with Crippen LogP contribution in [0.4, 0.5) is 0 Å². The molecule has 0 saturated carbocycles. The first-order valence-corrected chi connectivity index (χ1v) is 15.3. The molecule has 39 heavy (non-hydrogen) atoms. The third-order valence-electron chi connectivity index (χ3n) is 7.70. The maximum Gasteiger partial charge on any atom is 0.239 e. The summed E-state index contributed by atoms with van der Waals surface area (Å²) in [6.07, 6.45) is 1.68. The third-order valence-corrected chi connectivity index (χ3v) is 8.63. The van der Waals surface area contributed by atoms with Crippen LogP contribution in [0.5, 0.6) is 0 Å². The first-order valence-electron chi connectivity index (χ1n) is 14.0. The Morgan fingerprint density at radius 2 is 1.90 bits per heavy atom. The number of nitrogens with one attached hydrogen (secondary N) is 3.